The Morgan fingerprint density at radius 3 is 1.89 bits per heavy atom. The molecule has 0 amide bonds. The van der Waals surface area contributed by atoms with Crippen LogP contribution in [-0.2, 0) is 10.6 Å². The second-order valence-electron chi connectivity index (χ2n) is 3.48. The Hall–Kier alpha value is -1.80. The summed E-state index contributed by atoms with van der Waals surface area (Å²) in [5.74, 6) is 0.321. The number of hydrogen-bond donors (Lipinski definition) is 0. The smallest absolute Gasteiger partial charge is 0.337 e. The van der Waals surface area contributed by atoms with Gasteiger partial charge in [-0.3, -0.25) is 0 Å². The van der Waals surface area contributed by atoms with Gasteiger partial charge in [0.2, 0.25) is 0 Å². The normalized spacial score (nSPS) is 9.00. The summed E-state index contributed by atoms with van der Waals surface area (Å²) in [6, 6.07) is 18.8. The number of benzene rings is 2. The van der Waals surface area contributed by atoms with Crippen LogP contribution in [0.15, 0.2) is 60.7 Å². The fourth-order valence-corrected chi connectivity index (χ4v) is 1.44. The number of carbonyl (C=O) groups excluding carboxylic acids is 1. The number of esters is 1. The standard InChI is InChI=1S/C8H8O2.C7H7Cl/c1-10-8(9)7-5-3-2-4-6-7;8-6-7-4-2-1-3-5-7/h2-6H,1H3;1-5H,6H2. The molecule has 0 aliphatic rings. The summed E-state index contributed by atoms with van der Waals surface area (Å²) >= 11 is 5.53. The van der Waals surface area contributed by atoms with E-state index >= 15 is 0 Å². The van der Waals surface area contributed by atoms with E-state index in [4.69, 9.17) is 11.6 Å². The second kappa shape index (κ2) is 8.31. The molecule has 0 heterocycles. The minimum Gasteiger partial charge on any atom is -0.465 e. The van der Waals surface area contributed by atoms with Crippen molar-refractivity contribution >= 4 is 17.6 Å². The number of rotatable bonds is 2. The molecule has 0 radical (unpaired) electrons. The van der Waals surface area contributed by atoms with Gasteiger partial charge in [-0.05, 0) is 17.7 Å². The Bertz CT molecular complexity index is 454. The third-order valence-corrected chi connectivity index (χ3v) is 2.50. The molecule has 0 aliphatic heterocycles. The highest BCUT2D eigenvalue weighted by atomic mass is 35.5. The van der Waals surface area contributed by atoms with Crippen molar-refractivity contribution in [3.8, 4) is 0 Å². The van der Waals surface area contributed by atoms with Crippen LogP contribution in [0.3, 0.4) is 0 Å². The molecular weight excluding hydrogens is 248 g/mol. The van der Waals surface area contributed by atoms with Crippen LogP contribution in [0.5, 0.6) is 0 Å². The van der Waals surface area contributed by atoms with Crippen molar-refractivity contribution in [3.63, 3.8) is 0 Å². The third kappa shape index (κ3) is 5.02. The summed E-state index contributed by atoms with van der Waals surface area (Å²) in [6.07, 6.45) is 0. The van der Waals surface area contributed by atoms with Crippen molar-refractivity contribution in [1.29, 1.82) is 0 Å². The molecule has 2 aromatic carbocycles. The summed E-state index contributed by atoms with van der Waals surface area (Å²) in [7, 11) is 1.37. The van der Waals surface area contributed by atoms with Crippen LogP contribution in [0, 0.1) is 0 Å². The summed E-state index contributed by atoms with van der Waals surface area (Å²) in [5.41, 5.74) is 1.76. The van der Waals surface area contributed by atoms with E-state index in [0.717, 1.165) is 0 Å². The Balaban J connectivity index is 0.000000184. The van der Waals surface area contributed by atoms with E-state index in [1.807, 2.05) is 36.4 Å². The zero-order valence-corrected chi connectivity index (χ0v) is 10.9. The highest BCUT2D eigenvalue weighted by Crippen LogP contribution is 2.00. The maximum absolute atomic E-state index is 10.8. The topological polar surface area (TPSA) is 26.3 Å². The third-order valence-electron chi connectivity index (χ3n) is 2.19. The lowest BCUT2D eigenvalue weighted by Gasteiger charge is -1.95. The van der Waals surface area contributed by atoms with Crippen molar-refractivity contribution < 1.29 is 9.53 Å². The first-order valence-corrected chi connectivity index (χ1v) is 6.04. The van der Waals surface area contributed by atoms with Gasteiger partial charge in [-0.2, -0.15) is 0 Å². The lowest BCUT2D eigenvalue weighted by Crippen LogP contribution is -1.99. The van der Waals surface area contributed by atoms with E-state index in [1.165, 1.54) is 12.7 Å². The first kappa shape index (κ1) is 14.3. The highest BCUT2D eigenvalue weighted by Gasteiger charge is 2.00. The number of alkyl halides is 1. The van der Waals surface area contributed by atoms with Crippen molar-refractivity contribution in [2.24, 2.45) is 0 Å². The molecule has 0 aromatic heterocycles. The Morgan fingerprint density at radius 1 is 1.00 bits per heavy atom. The molecule has 94 valence electrons. The molecule has 0 N–H and O–H groups in total. The first-order chi connectivity index (χ1) is 8.77. The minimum atomic E-state index is -0.291. The molecule has 0 saturated heterocycles. The van der Waals surface area contributed by atoms with Gasteiger partial charge in [0.1, 0.15) is 0 Å². The molecule has 2 rings (SSSR count). The molecule has 3 heteroatoms. The first-order valence-electron chi connectivity index (χ1n) is 5.51. The maximum atomic E-state index is 10.8. The van der Waals surface area contributed by atoms with E-state index in [2.05, 4.69) is 4.74 Å². The van der Waals surface area contributed by atoms with Crippen LogP contribution < -0.4 is 0 Å². The van der Waals surface area contributed by atoms with Crippen LogP contribution in [0.25, 0.3) is 0 Å². The van der Waals surface area contributed by atoms with Gasteiger partial charge in [-0.15, -0.1) is 11.6 Å². The van der Waals surface area contributed by atoms with Gasteiger partial charge in [-0.1, -0.05) is 48.5 Å². The van der Waals surface area contributed by atoms with E-state index in [0.29, 0.717) is 11.4 Å². The van der Waals surface area contributed by atoms with Crippen LogP contribution in [0.2, 0.25) is 0 Å². The van der Waals surface area contributed by atoms with Gasteiger partial charge in [-0.25, -0.2) is 4.79 Å². The average molecular weight is 263 g/mol. The van der Waals surface area contributed by atoms with Gasteiger partial charge in [0.05, 0.1) is 12.7 Å². The largest absolute Gasteiger partial charge is 0.465 e. The van der Waals surface area contributed by atoms with E-state index in [-0.39, 0.29) is 5.97 Å². The van der Waals surface area contributed by atoms with Gasteiger partial charge in [0, 0.05) is 5.88 Å². The van der Waals surface area contributed by atoms with E-state index in [9.17, 15) is 4.79 Å². The van der Waals surface area contributed by atoms with Gasteiger partial charge < -0.3 is 4.74 Å². The molecule has 0 aliphatic carbocycles. The lowest BCUT2D eigenvalue weighted by molar-refractivity contribution is 0.0601. The Kier molecular flexibility index (Phi) is 6.59. The predicted octanol–water partition coefficient (Wildman–Crippen LogP) is 3.90. The molecule has 18 heavy (non-hydrogen) atoms. The SMILES string of the molecule is COC(=O)c1ccccc1.ClCc1ccccc1. The number of hydrogen-bond acceptors (Lipinski definition) is 2. The van der Waals surface area contributed by atoms with Crippen LogP contribution in [0.1, 0.15) is 15.9 Å². The predicted molar refractivity (Wildman–Crippen MR) is 73.8 cm³/mol. The number of ether oxygens (including phenoxy) is 1. The summed E-state index contributed by atoms with van der Waals surface area (Å²) < 4.78 is 4.50. The molecular formula is C15H15ClO2. The zero-order valence-electron chi connectivity index (χ0n) is 10.2. The summed E-state index contributed by atoms with van der Waals surface area (Å²) in [5, 5.41) is 0. The molecule has 0 fully saturated rings. The van der Waals surface area contributed by atoms with Crippen LogP contribution in [-0.4, -0.2) is 13.1 Å². The average Bonchev–Trinajstić information content (AvgIpc) is 2.49. The minimum absolute atomic E-state index is 0.291. The zero-order chi connectivity index (χ0) is 13.2. The van der Waals surface area contributed by atoms with E-state index < -0.39 is 0 Å². The highest BCUT2D eigenvalue weighted by molar-refractivity contribution is 6.17. The van der Waals surface area contributed by atoms with Crippen molar-refractivity contribution in [1.82, 2.24) is 0 Å². The lowest BCUT2D eigenvalue weighted by atomic mass is 10.2. The van der Waals surface area contributed by atoms with E-state index in [1.54, 1.807) is 24.3 Å². The molecule has 0 unspecified atom stereocenters. The maximum Gasteiger partial charge on any atom is 0.337 e. The Labute approximate surface area is 112 Å². The number of carbonyl (C=O) groups is 1. The fourth-order valence-electron chi connectivity index (χ4n) is 1.26. The van der Waals surface area contributed by atoms with Crippen molar-refractivity contribution in [2.45, 2.75) is 5.88 Å². The fraction of sp³-hybridized carbons (Fsp3) is 0.133. The molecule has 0 bridgehead atoms. The van der Waals surface area contributed by atoms with Crippen LogP contribution in [0.4, 0.5) is 0 Å². The van der Waals surface area contributed by atoms with Gasteiger partial charge in [0.25, 0.3) is 0 Å². The second-order valence-corrected chi connectivity index (χ2v) is 3.74. The summed E-state index contributed by atoms with van der Waals surface area (Å²) in [6.45, 7) is 0. The Morgan fingerprint density at radius 2 is 1.50 bits per heavy atom. The molecule has 2 aromatic rings. The monoisotopic (exact) mass is 262 g/mol. The van der Waals surface area contributed by atoms with Gasteiger partial charge in [0.15, 0.2) is 0 Å². The quantitative estimate of drug-likeness (QED) is 0.606. The van der Waals surface area contributed by atoms with Crippen LogP contribution >= 0.6 is 11.6 Å². The molecule has 2 nitrogen and oxygen atoms in total. The van der Waals surface area contributed by atoms with Crippen molar-refractivity contribution in [3.05, 3.63) is 71.8 Å². The molecule has 0 saturated carbocycles. The molecule has 0 atom stereocenters. The number of methoxy groups -OCH3 is 1. The summed E-state index contributed by atoms with van der Waals surface area (Å²) in [4.78, 5) is 10.8. The van der Waals surface area contributed by atoms with Crippen molar-refractivity contribution in [2.75, 3.05) is 7.11 Å². The van der Waals surface area contributed by atoms with Gasteiger partial charge >= 0.3 is 5.97 Å². The number of halogens is 1. The molecule has 0 spiro atoms.